The van der Waals surface area contributed by atoms with E-state index >= 15 is 0 Å². The number of hydrogen-bond acceptors (Lipinski definition) is 7. The number of allylic oxidation sites excluding steroid dienone is 9. The zero-order valence-corrected chi connectivity index (χ0v) is 43.2. The van der Waals surface area contributed by atoms with Crippen LogP contribution in [0.15, 0.2) is 192 Å². The minimum Gasteiger partial charge on any atom is -0.361 e. The Morgan fingerprint density at radius 2 is 1.03 bits per heavy atom. The number of fused-ring (bicyclic) bond motifs is 10. The van der Waals surface area contributed by atoms with Crippen molar-refractivity contribution in [1.82, 2.24) is 10.3 Å². The predicted octanol–water partition coefficient (Wildman–Crippen LogP) is 12.9. The zero-order valence-electron chi connectivity index (χ0n) is 40.2. The maximum Gasteiger partial charge on any atom is 0.181 e. The van der Waals surface area contributed by atoms with Gasteiger partial charge in [-0.05, 0) is 155 Å². The smallest absolute Gasteiger partial charge is 0.181 e. The quantitative estimate of drug-likeness (QED) is 0.139. The molecule has 8 aliphatic heterocycles. The highest BCUT2D eigenvalue weighted by molar-refractivity contribution is 6.47. The standard InChI is InChI=1S/C60H50Cl4N8/c1-69-29-5-9-37-33-41(13-20-49(37)69)55-45-17-18-46(65-45)56(42-14-21-50-38(34-42)10-6-30-70(50)2)48-25-27-57(61,67-48)60(64,44-16-23-52-40(36-44)12-8-32-72(52)4)54-26-28-58(62,68-54)59(63,53-24-19-47(55)66-53)43-15-22-51-39(35-43)11-7-31-71(51)3/h5-8,13-36,66-67H,9-12H2,1-4H3. The van der Waals surface area contributed by atoms with E-state index in [1.807, 2.05) is 30.4 Å². The highest BCUT2D eigenvalue weighted by atomic mass is 35.5. The molecule has 0 saturated heterocycles. The molecule has 0 saturated carbocycles. The number of nitrogens with zero attached hydrogens (tertiary/aromatic N) is 6. The first-order valence-electron chi connectivity index (χ1n) is 24.3. The van der Waals surface area contributed by atoms with Crippen molar-refractivity contribution < 1.29 is 0 Å². The van der Waals surface area contributed by atoms with E-state index in [0.717, 1.165) is 116 Å². The van der Waals surface area contributed by atoms with E-state index in [1.54, 1.807) is 0 Å². The molecule has 0 radical (unpaired) electrons. The van der Waals surface area contributed by atoms with E-state index in [2.05, 4.69) is 198 Å². The summed E-state index contributed by atoms with van der Waals surface area (Å²) < 4.78 is 0. The largest absolute Gasteiger partial charge is 0.361 e. The number of aromatic amines is 1. The summed E-state index contributed by atoms with van der Waals surface area (Å²) in [7, 11) is 8.27. The summed E-state index contributed by atoms with van der Waals surface area (Å²) >= 11 is 33.3. The Bertz CT molecular complexity index is 3560. The van der Waals surface area contributed by atoms with Gasteiger partial charge in [-0.2, -0.15) is 0 Å². The van der Waals surface area contributed by atoms with Crippen LogP contribution in [0.25, 0.3) is 11.1 Å². The molecular formula is C60H50Cl4N8. The fourth-order valence-electron chi connectivity index (χ4n) is 11.8. The molecule has 5 aromatic rings. The van der Waals surface area contributed by atoms with E-state index in [0.29, 0.717) is 11.4 Å². The molecule has 12 heteroatoms. The molecule has 0 amide bonds. The maximum atomic E-state index is 8.45. The Morgan fingerprint density at radius 1 is 0.514 bits per heavy atom. The van der Waals surface area contributed by atoms with Crippen molar-refractivity contribution in [1.29, 1.82) is 0 Å². The first-order chi connectivity index (χ1) is 34.7. The molecule has 8 nitrogen and oxygen atoms in total. The Balaban J connectivity index is 1.09. The molecule has 72 heavy (non-hydrogen) atoms. The molecule has 8 aliphatic rings. The second-order valence-electron chi connectivity index (χ2n) is 19.8. The van der Waals surface area contributed by atoms with E-state index in [4.69, 9.17) is 56.4 Å². The Kier molecular flexibility index (Phi) is 10.3. The number of rotatable bonds is 4. The molecule has 4 unspecified atom stereocenters. The van der Waals surface area contributed by atoms with Gasteiger partial charge in [0.05, 0.1) is 17.1 Å². The van der Waals surface area contributed by atoms with Crippen LogP contribution in [0.2, 0.25) is 0 Å². The topological polar surface area (TPSA) is 65.5 Å². The van der Waals surface area contributed by atoms with Crippen LogP contribution in [0.5, 0.6) is 0 Å². The van der Waals surface area contributed by atoms with Crippen LogP contribution in [0.4, 0.5) is 22.7 Å². The van der Waals surface area contributed by atoms with Gasteiger partial charge in [-0.3, -0.25) is 4.99 Å². The number of H-pyrrole nitrogens is 1. The number of hydrogen-bond donors (Lipinski definition) is 2. The minimum atomic E-state index is -1.62. The van der Waals surface area contributed by atoms with Crippen LogP contribution in [0.3, 0.4) is 0 Å². The highest BCUT2D eigenvalue weighted by Crippen LogP contribution is 2.57. The lowest BCUT2D eigenvalue weighted by atomic mass is 9.84. The summed E-state index contributed by atoms with van der Waals surface area (Å²) in [4.78, 5) is 17.4. The third-order valence-electron chi connectivity index (χ3n) is 15.5. The average molecular weight is 1020 g/mol. The first-order valence-corrected chi connectivity index (χ1v) is 25.9. The Hall–Kier alpha value is -6.68. The maximum absolute atomic E-state index is 8.45. The zero-order chi connectivity index (χ0) is 49.3. The van der Waals surface area contributed by atoms with E-state index in [9.17, 15) is 0 Å². The van der Waals surface area contributed by atoms with Gasteiger partial charge < -0.3 is 29.9 Å². The van der Waals surface area contributed by atoms with Crippen LogP contribution in [0, 0.1) is 0 Å². The lowest BCUT2D eigenvalue weighted by Crippen LogP contribution is -2.54. The van der Waals surface area contributed by atoms with Gasteiger partial charge in [0.1, 0.15) is 0 Å². The van der Waals surface area contributed by atoms with Gasteiger partial charge in [0, 0.05) is 104 Å². The summed E-state index contributed by atoms with van der Waals surface area (Å²) in [6.07, 6.45) is 32.2. The molecule has 8 bridgehead atoms. The fraction of sp³-hybridized carbons (Fsp3) is 0.200. The third kappa shape index (κ3) is 6.72. The van der Waals surface area contributed by atoms with Crippen LogP contribution in [-0.2, 0) is 35.4 Å². The Labute approximate surface area is 440 Å². The van der Waals surface area contributed by atoms with Gasteiger partial charge in [0.2, 0.25) is 0 Å². The minimum absolute atomic E-state index is 0.455. The van der Waals surface area contributed by atoms with Crippen LogP contribution in [-0.4, -0.2) is 54.6 Å². The summed E-state index contributed by atoms with van der Waals surface area (Å²) in [5, 5.41) is 3.82. The second kappa shape index (κ2) is 16.4. The van der Waals surface area contributed by atoms with Gasteiger partial charge in [-0.15, -0.1) is 23.2 Å². The van der Waals surface area contributed by atoms with Gasteiger partial charge in [-0.25, -0.2) is 4.99 Å². The SMILES string of the molecule is CN1C=CCc2cc(C3=C4C=CC(Cl)(N4)C(Cl)(c4ccc5c(c4)CC=CN5C)C4=NC(Cl)(C=C4)C(Cl)(c4ccc5c(c4)CC=CN5C)c4ccc([nH]4)C(c4ccc5c(c4)CC=CN5C)=C4C=CC3=N4)ccc21. The molecule has 1 aromatic heterocycles. The molecule has 0 spiro atoms. The molecule has 358 valence electrons. The van der Waals surface area contributed by atoms with E-state index < -0.39 is 19.7 Å². The fourth-order valence-corrected chi connectivity index (χ4v) is 13.2. The predicted molar refractivity (Wildman–Crippen MR) is 301 cm³/mol. The monoisotopic (exact) mass is 1020 g/mol. The van der Waals surface area contributed by atoms with Crippen LogP contribution < -0.4 is 24.9 Å². The molecule has 0 fully saturated rings. The van der Waals surface area contributed by atoms with Crippen LogP contribution in [0.1, 0.15) is 55.9 Å². The van der Waals surface area contributed by atoms with E-state index in [-0.39, 0.29) is 0 Å². The van der Waals surface area contributed by atoms with Gasteiger partial charge in [0.15, 0.2) is 19.7 Å². The highest BCUT2D eigenvalue weighted by Gasteiger charge is 2.60. The van der Waals surface area contributed by atoms with Crippen molar-refractivity contribution in [3.63, 3.8) is 0 Å². The van der Waals surface area contributed by atoms with Crippen molar-refractivity contribution in [2.45, 2.75) is 45.4 Å². The van der Waals surface area contributed by atoms with Gasteiger partial charge >= 0.3 is 0 Å². The van der Waals surface area contributed by atoms with E-state index in [1.165, 1.54) is 11.1 Å². The van der Waals surface area contributed by atoms with Crippen molar-refractivity contribution in [3.8, 4) is 0 Å². The van der Waals surface area contributed by atoms with Crippen LogP contribution >= 0.6 is 46.4 Å². The number of aliphatic imine (C=N–C) groups is 2. The average Bonchev–Trinajstić information content (AvgIpc) is 4.23. The molecule has 2 N–H and O–H groups in total. The van der Waals surface area contributed by atoms with Crippen molar-refractivity contribution in [2.24, 2.45) is 9.98 Å². The van der Waals surface area contributed by atoms with Crippen molar-refractivity contribution in [3.05, 3.63) is 238 Å². The summed E-state index contributed by atoms with van der Waals surface area (Å²) in [6, 6.07) is 30.1. The first kappa shape index (κ1) is 45.2. The number of nitrogens with one attached hydrogen (secondary N) is 2. The Morgan fingerprint density at radius 3 is 1.60 bits per heavy atom. The third-order valence-corrected chi connectivity index (χ3v) is 18.1. The molecule has 0 aliphatic carbocycles. The normalized spacial score (nSPS) is 26.3. The van der Waals surface area contributed by atoms with Crippen molar-refractivity contribution >= 4 is 91.7 Å². The molecule has 4 atom stereocenters. The number of benzene rings is 4. The molecule has 4 aromatic carbocycles. The summed E-state index contributed by atoms with van der Waals surface area (Å²) in [6.45, 7) is 0. The van der Waals surface area contributed by atoms with Gasteiger partial charge in [0.25, 0.3) is 0 Å². The number of aromatic nitrogens is 1. The lowest BCUT2D eigenvalue weighted by molar-refractivity contribution is 0.538. The number of halogens is 4. The molecule has 9 heterocycles. The molecular weight excluding hydrogens is 975 g/mol. The number of alkyl halides is 4. The summed E-state index contributed by atoms with van der Waals surface area (Å²) in [5.74, 6) is 0. The number of anilines is 4. The van der Waals surface area contributed by atoms with Gasteiger partial charge in [-0.1, -0.05) is 83.9 Å². The second-order valence-corrected chi connectivity index (χ2v) is 22.1. The molecule has 13 rings (SSSR count). The summed E-state index contributed by atoms with van der Waals surface area (Å²) in [5.41, 5.74) is 18.7. The van der Waals surface area contributed by atoms with Crippen molar-refractivity contribution in [2.75, 3.05) is 47.8 Å². The lowest BCUT2D eigenvalue weighted by Gasteiger charge is -2.41.